The van der Waals surface area contributed by atoms with Gasteiger partial charge in [0.25, 0.3) is 0 Å². The van der Waals surface area contributed by atoms with Crippen LogP contribution in [0.2, 0.25) is 0 Å². The van der Waals surface area contributed by atoms with Gasteiger partial charge in [0.1, 0.15) is 5.76 Å². The fourth-order valence-electron chi connectivity index (χ4n) is 1.62. The van der Waals surface area contributed by atoms with Gasteiger partial charge in [-0.3, -0.25) is 4.79 Å². The summed E-state index contributed by atoms with van der Waals surface area (Å²) in [6.45, 7) is 1.39. The first-order valence-corrected chi connectivity index (χ1v) is 5.45. The Kier molecular flexibility index (Phi) is 3.77. The smallest absolute Gasteiger partial charge is 0.244 e. The van der Waals surface area contributed by atoms with E-state index in [-0.39, 0.29) is 12.0 Å². The number of hydrogen-bond acceptors (Lipinski definition) is 3. The van der Waals surface area contributed by atoms with Crippen molar-refractivity contribution in [3.05, 3.63) is 30.2 Å². The molecule has 0 bridgehead atoms. The van der Waals surface area contributed by atoms with E-state index in [0.717, 1.165) is 19.4 Å². The molecular weight excluding hydrogens is 206 g/mol. The fourth-order valence-corrected chi connectivity index (χ4v) is 1.62. The molecule has 0 saturated carbocycles. The molecule has 1 aliphatic rings. The highest BCUT2D eigenvalue weighted by Gasteiger charge is 2.15. The van der Waals surface area contributed by atoms with Crippen molar-refractivity contribution in [2.45, 2.75) is 18.9 Å². The van der Waals surface area contributed by atoms with E-state index in [9.17, 15) is 4.79 Å². The Labute approximate surface area is 94.3 Å². The van der Waals surface area contributed by atoms with Gasteiger partial charge in [-0.2, -0.15) is 0 Å². The zero-order chi connectivity index (χ0) is 11.2. The number of carbonyl (C=O) groups is 1. The summed E-state index contributed by atoms with van der Waals surface area (Å²) in [7, 11) is 0. The molecule has 1 aromatic heterocycles. The van der Waals surface area contributed by atoms with Crippen LogP contribution < -0.4 is 5.32 Å². The lowest BCUT2D eigenvalue weighted by atomic mass is 10.2. The molecule has 1 fully saturated rings. The minimum atomic E-state index is -0.119. The van der Waals surface area contributed by atoms with Crippen LogP contribution in [0.5, 0.6) is 0 Å². The monoisotopic (exact) mass is 221 g/mol. The minimum Gasteiger partial charge on any atom is -0.465 e. The quantitative estimate of drug-likeness (QED) is 0.785. The Bertz CT molecular complexity index is 350. The third-order valence-electron chi connectivity index (χ3n) is 2.47. The van der Waals surface area contributed by atoms with Gasteiger partial charge in [-0.15, -0.1) is 0 Å². The first-order valence-electron chi connectivity index (χ1n) is 5.45. The molecule has 16 heavy (non-hydrogen) atoms. The highest BCUT2D eigenvalue weighted by molar-refractivity contribution is 5.91. The lowest BCUT2D eigenvalue weighted by molar-refractivity contribution is -0.116. The van der Waals surface area contributed by atoms with Crippen molar-refractivity contribution < 1.29 is 13.9 Å². The standard InChI is InChI=1S/C12H15NO3/c14-12(6-5-10-3-1-7-15-10)13-9-11-4-2-8-16-11/h1,3,5-7,11H,2,4,8-9H2,(H,13,14)/b6-5+/t11-/m1/s1. The summed E-state index contributed by atoms with van der Waals surface area (Å²) >= 11 is 0. The fraction of sp³-hybridized carbons (Fsp3) is 0.417. The third-order valence-corrected chi connectivity index (χ3v) is 2.47. The molecule has 4 heteroatoms. The van der Waals surface area contributed by atoms with Crippen molar-refractivity contribution in [3.8, 4) is 0 Å². The van der Waals surface area contributed by atoms with Gasteiger partial charge in [0.05, 0.1) is 12.4 Å². The van der Waals surface area contributed by atoms with Gasteiger partial charge in [-0.1, -0.05) is 0 Å². The molecular formula is C12H15NO3. The second kappa shape index (κ2) is 5.51. The van der Waals surface area contributed by atoms with Crippen LogP contribution in [-0.2, 0) is 9.53 Å². The summed E-state index contributed by atoms with van der Waals surface area (Å²) in [5.41, 5.74) is 0. The summed E-state index contributed by atoms with van der Waals surface area (Å²) in [6.07, 6.45) is 6.98. The number of rotatable bonds is 4. The zero-order valence-electron chi connectivity index (χ0n) is 9.02. The molecule has 0 aromatic carbocycles. The van der Waals surface area contributed by atoms with E-state index in [1.807, 2.05) is 0 Å². The van der Waals surface area contributed by atoms with E-state index in [2.05, 4.69) is 5.32 Å². The van der Waals surface area contributed by atoms with Crippen LogP contribution in [0.3, 0.4) is 0 Å². The van der Waals surface area contributed by atoms with E-state index < -0.39 is 0 Å². The van der Waals surface area contributed by atoms with E-state index in [1.54, 1.807) is 24.5 Å². The maximum atomic E-state index is 11.4. The van der Waals surface area contributed by atoms with Gasteiger partial charge < -0.3 is 14.5 Å². The van der Waals surface area contributed by atoms with Crippen molar-refractivity contribution in [3.63, 3.8) is 0 Å². The van der Waals surface area contributed by atoms with Gasteiger partial charge in [-0.25, -0.2) is 0 Å². The molecule has 2 heterocycles. The molecule has 2 rings (SSSR count). The Morgan fingerprint density at radius 3 is 3.25 bits per heavy atom. The number of ether oxygens (including phenoxy) is 1. The Hall–Kier alpha value is -1.55. The molecule has 1 amide bonds. The molecule has 0 aliphatic carbocycles. The number of amides is 1. The van der Waals surface area contributed by atoms with Crippen LogP contribution in [0.15, 0.2) is 28.9 Å². The molecule has 1 atom stereocenters. The maximum absolute atomic E-state index is 11.4. The number of carbonyl (C=O) groups excluding carboxylic acids is 1. The molecule has 1 N–H and O–H groups in total. The van der Waals surface area contributed by atoms with Gasteiger partial charge in [0.2, 0.25) is 5.91 Å². The average Bonchev–Trinajstić information content (AvgIpc) is 2.96. The van der Waals surface area contributed by atoms with Gasteiger partial charge in [0, 0.05) is 19.2 Å². The first kappa shape index (κ1) is 11.0. The molecule has 1 saturated heterocycles. The maximum Gasteiger partial charge on any atom is 0.244 e. The van der Waals surface area contributed by atoms with E-state index in [0.29, 0.717) is 12.3 Å². The highest BCUT2D eigenvalue weighted by atomic mass is 16.5. The summed E-state index contributed by atoms with van der Waals surface area (Å²) in [4.78, 5) is 11.4. The first-order chi connectivity index (χ1) is 7.84. The molecule has 0 radical (unpaired) electrons. The largest absolute Gasteiger partial charge is 0.465 e. The third kappa shape index (κ3) is 3.24. The zero-order valence-corrected chi connectivity index (χ0v) is 9.02. The Morgan fingerprint density at radius 2 is 2.56 bits per heavy atom. The topological polar surface area (TPSA) is 51.5 Å². The minimum absolute atomic E-state index is 0.119. The predicted octanol–water partition coefficient (Wildman–Crippen LogP) is 1.59. The molecule has 1 aromatic rings. The molecule has 4 nitrogen and oxygen atoms in total. The average molecular weight is 221 g/mol. The van der Waals surface area contributed by atoms with Gasteiger partial charge in [0.15, 0.2) is 0 Å². The van der Waals surface area contributed by atoms with Crippen molar-refractivity contribution in [2.24, 2.45) is 0 Å². The number of hydrogen-bond donors (Lipinski definition) is 1. The van der Waals surface area contributed by atoms with Crippen molar-refractivity contribution in [1.29, 1.82) is 0 Å². The van der Waals surface area contributed by atoms with Crippen LogP contribution in [-0.4, -0.2) is 25.2 Å². The van der Waals surface area contributed by atoms with Crippen molar-refractivity contribution in [2.75, 3.05) is 13.2 Å². The van der Waals surface area contributed by atoms with Crippen LogP contribution in [0, 0.1) is 0 Å². The normalized spacial score (nSPS) is 20.4. The van der Waals surface area contributed by atoms with E-state index in [1.165, 1.54) is 6.08 Å². The second-order valence-corrected chi connectivity index (χ2v) is 3.73. The van der Waals surface area contributed by atoms with Crippen LogP contribution in [0.1, 0.15) is 18.6 Å². The summed E-state index contributed by atoms with van der Waals surface area (Å²) < 4.78 is 10.5. The SMILES string of the molecule is O=C(/C=C/c1ccco1)NC[C@H]1CCCO1. The lowest BCUT2D eigenvalue weighted by Gasteiger charge is -2.08. The molecule has 0 unspecified atom stereocenters. The summed E-state index contributed by atoms with van der Waals surface area (Å²) in [5, 5.41) is 2.79. The summed E-state index contributed by atoms with van der Waals surface area (Å²) in [5.74, 6) is 0.555. The van der Waals surface area contributed by atoms with E-state index >= 15 is 0 Å². The predicted molar refractivity (Wildman–Crippen MR) is 59.7 cm³/mol. The van der Waals surface area contributed by atoms with Crippen molar-refractivity contribution >= 4 is 12.0 Å². The van der Waals surface area contributed by atoms with Crippen molar-refractivity contribution in [1.82, 2.24) is 5.32 Å². The van der Waals surface area contributed by atoms with Gasteiger partial charge >= 0.3 is 0 Å². The summed E-state index contributed by atoms with van der Waals surface area (Å²) in [6, 6.07) is 3.58. The Balaban J connectivity index is 1.71. The second-order valence-electron chi connectivity index (χ2n) is 3.73. The van der Waals surface area contributed by atoms with Crippen LogP contribution in [0.25, 0.3) is 6.08 Å². The number of furan rings is 1. The van der Waals surface area contributed by atoms with Crippen LogP contribution >= 0.6 is 0 Å². The Morgan fingerprint density at radius 1 is 1.62 bits per heavy atom. The lowest BCUT2D eigenvalue weighted by Crippen LogP contribution is -2.30. The number of nitrogens with one attached hydrogen (secondary N) is 1. The highest BCUT2D eigenvalue weighted by Crippen LogP contribution is 2.10. The van der Waals surface area contributed by atoms with E-state index in [4.69, 9.17) is 9.15 Å². The molecule has 1 aliphatic heterocycles. The molecule has 0 spiro atoms. The van der Waals surface area contributed by atoms with Gasteiger partial charge in [-0.05, 0) is 31.1 Å². The van der Waals surface area contributed by atoms with Crippen LogP contribution in [0.4, 0.5) is 0 Å². The molecule has 86 valence electrons.